The van der Waals surface area contributed by atoms with Gasteiger partial charge in [0.25, 0.3) is 11.8 Å². The lowest BCUT2D eigenvalue weighted by Gasteiger charge is -2.47. The highest BCUT2D eigenvalue weighted by molar-refractivity contribution is 6.31. The van der Waals surface area contributed by atoms with Gasteiger partial charge in [-0.25, -0.2) is 4.39 Å². The predicted octanol–water partition coefficient (Wildman–Crippen LogP) is 2.42. The lowest BCUT2D eigenvalue weighted by Crippen LogP contribution is -2.68. The van der Waals surface area contributed by atoms with Crippen LogP contribution in [0.3, 0.4) is 0 Å². The fourth-order valence-electron chi connectivity index (χ4n) is 3.67. The molecule has 1 aromatic carbocycles. The zero-order chi connectivity index (χ0) is 19.3. The van der Waals surface area contributed by atoms with E-state index in [1.807, 2.05) is 0 Å². The van der Waals surface area contributed by atoms with Crippen molar-refractivity contribution >= 4 is 40.7 Å². The van der Waals surface area contributed by atoms with Gasteiger partial charge < -0.3 is 10.2 Å². The smallest absolute Gasteiger partial charge is 0.271 e. The zero-order valence-electron chi connectivity index (χ0n) is 14.2. The Kier molecular flexibility index (Phi) is 3.88. The van der Waals surface area contributed by atoms with E-state index in [4.69, 9.17) is 11.6 Å². The van der Waals surface area contributed by atoms with Gasteiger partial charge in [0.1, 0.15) is 5.56 Å². The maximum atomic E-state index is 14.2. The standard InChI is InChI=1S/C18H14ClFN4O3/c1-23-16(26)15-12(20)8-21-9-13(15)24-14(25)5-6-18(23,24)17(27)22-11-4-2-3-10(19)7-11/h2-4,7-9H,5-6H2,1H3,(H,22,27). The van der Waals surface area contributed by atoms with E-state index in [2.05, 4.69) is 10.3 Å². The molecule has 2 aromatic rings. The normalized spacial score (nSPS) is 21.1. The number of halogens is 2. The molecular weight excluding hydrogens is 375 g/mol. The molecule has 3 amide bonds. The molecule has 1 atom stereocenters. The number of carbonyl (C=O) groups is 3. The molecule has 3 heterocycles. The molecule has 0 aliphatic carbocycles. The first kappa shape index (κ1) is 17.4. The zero-order valence-corrected chi connectivity index (χ0v) is 15.0. The molecule has 0 bridgehead atoms. The second-order valence-electron chi connectivity index (χ2n) is 6.39. The van der Waals surface area contributed by atoms with Gasteiger partial charge in [-0.3, -0.25) is 24.3 Å². The predicted molar refractivity (Wildman–Crippen MR) is 95.8 cm³/mol. The maximum absolute atomic E-state index is 14.2. The Hall–Kier alpha value is -3.00. The molecule has 1 aromatic heterocycles. The quantitative estimate of drug-likeness (QED) is 0.856. The number of pyridine rings is 1. The molecule has 2 aliphatic rings. The van der Waals surface area contributed by atoms with Crippen molar-refractivity contribution in [1.82, 2.24) is 9.88 Å². The number of hydrogen-bond donors (Lipinski definition) is 1. The lowest BCUT2D eigenvalue weighted by atomic mass is 9.97. The third-order valence-corrected chi connectivity index (χ3v) is 5.18. The second kappa shape index (κ2) is 6.02. The summed E-state index contributed by atoms with van der Waals surface area (Å²) in [6.07, 6.45) is 2.26. The Balaban J connectivity index is 1.84. The van der Waals surface area contributed by atoms with Crippen LogP contribution in [0.4, 0.5) is 15.8 Å². The van der Waals surface area contributed by atoms with E-state index in [9.17, 15) is 18.8 Å². The first-order valence-corrected chi connectivity index (χ1v) is 8.56. The molecule has 0 radical (unpaired) electrons. The van der Waals surface area contributed by atoms with Crippen molar-refractivity contribution in [3.63, 3.8) is 0 Å². The van der Waals surface area contributed by atoms with E-state index in [1.165, 1.54) is 18.1 Å². The minimum absolute atomic E-state index is 0.00171. The van der Waals surface area contributed by atoms with Crippen LogP contribution in [-0.2, 0) is 9.59 Å². The molecular formula is C18H14ClFN4O3. The van der Waals surface area contributed by atoms with Crippen molar-refractivity contribution in [2.45, 2.75) is 18.5 Å². The van der Waals surface area contributed by atoms with E-state index in [1.54, 1.807) is 24.3 Å². The van der Waals surface area contributed by atoms with Gasteiger partial charge in [-0.1, -0.05) is 17.7 Å². The summed E-state index contributed by atoms with van der Waals surface area (Å²) in [7, 11) is 1.38. The van der Waals surface area contributed by atoms with Gasteiger partial charge in [0.05, 0.1) is 18.1 Å². The van der Waals surface area contributed by atoms with Gasteiger partial charge in [0, 0.05) is 30.6 Å². The van der Waals surface area contributed by atoms with Crippen molar-refractivity contribution < 1.29 is 18.8 Å². The summed E-state index contributed by atoms with van der Waals surface area (Å²) in [4.78, 5) is 44.7. The number of nitrogens with zero attached hydrogens (tertiary/aromatic N) is 3. The largest absolute Gasteiger partial charge is 0.322 e. The monoisotopic (exact) mass is 388 g/mol. The first-order valence-electron chi connectivity index (χ1n) is 8.18. The van der Waals surface area contributed by atoms with Gasteiger partial charge >= 0.3 is 0 Å². The molecule has 7 nitrogen and oxygen atoms in total. The first-order chi connectivity index (χ1) is 12.9. The fraction of sp³-hybridized carbons (Fsp3) is 0.222. The van der Waals surface area contributed by atoms with Crippen molar-refractivity contribution in [2.24, 2.45) is 0 Å². The number of rotatable bonds is 2. The number of aromatic nitrogens is 1. The van der Waals surface area contributed by atoms with Crippen molar-refractivity contribution in [3.8, 4) is 0 Å². The van der Waals surface area contributed by atoms with E-state index < -0.39 is 23.3 Å². The average Bonchev–Trinajstić information content (AvgIpc) is 2.98. The van der Waals surface area contributed by atoms with Crippen LogP contribution in [0.15, 0.2) is 36.7 Å². The molecule has 4 rings (SSSR count). The van der Waals surface area contributed by atoms with Crippen LogP contribution in [0.5, 0.6) is 0 Å². The third kappa shape index (κ3) is 2.40. The van der Waals surface area contributed by atoms with Crippen LogP contribution in [0.1, 0.15) is 23.2 Å². The lowest BCUT2D eigenvalue weighted by molar-refractivity contribution is -0.128. The van der Waals surface area contributed by atoms with Crippen LogP contribution < -0.4 is 10.2 Å². The van der Waals surface area contributed by atoms with E-state index in [-0.39, 0.29) is 30.0 Å². The van der Waals surface area contributed by atoms with Crippen molar-refractivity contribution in [3.05, 3.63) is 53.1 Å². The number of likely N-dealkylation sites (N-methyl/N-ethyl adjacent to an activating group) is 1. The van der Waals surface area contributed by atoms with Crippen LogP contribution in [0, 0.1) is 5.82 Å². The number of nitrogens with one attached hydrogen (secondary N) is 1. The van der Waals surface area contributed by atoms with E-state index in [0.717, 1.165) is 11.1 Å². The highest BCUT2D eigenvalue weighted by atomic mass is 35.5. The highest BCUT2D eigenvalue weighted by Crippen LogP contribution is 2.44. The number of anilines is 2. The fourth-order valence-corrected chi connectivity index (χ4v) is 3.86. The third-order valence-electron chi connectivity index (χ3n) is 4.95. The molecule has 1 saturated heterocycles. The van der Waals surface area contributed by atoms with Crippen LogP contribution >= 0.6 is 11.6 Å². The topological polar surface area (TPSA) is 82.6 Å². The number of benzene rings is 1. The summed E-state index contributed by atoms with van der Waals surface area (Å²) in [5.41, 5.74) is -1.44. The number of amides is 3. The maximum Gasteiger partial charge on any atom is 0.271 e. The second-order valence-corrected chi connectivity index (χ2v) is 6.83. The SMILES string of the molecule is CN1C(=O)c2c(F)cncc2N2C(=O)CCC12C(=O)Nc1cccc(Cl)c1. The number of carbonyl (C=O) groups excluding carboxylic acids is 3. The number of hydrogen-bond acceptors (Lipinski definition) is 4. The summed E-state index contributed by atoms with van der Waals surface area (Å²) < 4.78 is 14.2. The average molecular weight is 389 g/mol. The van der Waals surface area contributed by atoms with Gasteiger partial charge in [0.2, 0.25) is 11.6 Å². The Bertz CT molecular complexity index is 998. The number of fused-ring (bicyclic) bond motifs is 3. The summed E-state index contributed by atoms with van der Waals surface area (Å²) >= 11 is 5.95. The molecule has 1 unspecified atom stereocenters. The van der Waals surface area contributed by atoms with E-state index >= 15 is 0 Å². The summed E-state index contributed by atoms with van der Waals surface area (Å²) in [6, 6.07) is 6.51. The van der Waals surface area contributed by atoms with Gasteiger partial charge in [-0.2, -0.15) is 0 Å². The van der Waals surface area contributed by atoms with Gasteiger partial charge in [0.15, 0.2) is 5.82 Å². The molecule has 9 heteroatoms. The molecule has 27 heavy (non-hydrogen) atoms. The summed E-state index contributed by atoms with van der Waals surface area (Å²) in [6.45, 7) is 0. The molecule has 1 fully saturated rings. The summed E-state index contributed by atoms with van der Waals surface area (Å²) in [5.74, 6) is -2.49. The Labute approximate surface area is 158 Å². The van der Waals surface area contributed by atoms with Crippen LogP contribution in [0.2, 0.25) is 5.02 Å². The molecule has 2 aliphatic heterocycles. The van der Waals surface area contributed by atoms with E-state index in [0.29, 0.717) is 10.7 Å². The molecule has 1 N–H and O–H groups in total. The van der Waals surface area contributed by atoms with Crippen molar-refractivity contribution in [2.75, 3.05) is 17.3 Å². The molecule has 0 spiro atoms. The Morgan fingerprint density at radius 2 is 2.11 bits per heavy atom. The van der Waals surface area contributed by atoms with Crippen molar-refractivity contribution in [1.29, 1.82) is 0 Å². The molecule has 138 valence electrons. The van der Waals surface area contributed by atoms with Crippen LogP contribution in [0.25, 0.3) is 0 Å². The van der Waals surface area contributed by atoms with Crippen LogP contribution in [-0.4, -0.2) is 40.3 Å². The summed E-state index contributed by atoms with van der Waals surface area (Å²) in [5, 5.41) is 3.13. The van der Waals surface area contributed by atoms with Gasteiger partial charge in [-0.15, -0.1) is 0 Å². The Morgan fingerprint density at radius 1 is 1.33 bits per heavy atom. The highest BCUT2D eigenvalue weighted by Gasteiger charge is 2.60. The van der Waals surface area contributed by atoms with Gasteiger partial charge in [-0.05, 0) is 18.2 Å². The minimum atomic E-state index is -1.60. The Morgan fingerprint density at radius 3 is 2.85 bits per heavy atom. The minimum Gasteiger partial charge on any atom is -0.322 e. The molecule has 0 saturated carbocycles.